The molecular formula is C12H14BrN3. The summed E-state index contributed by atoms with van der Waals surface area (Å²) in [5.74, 6) is 0.977. The molecule has 0 aliphatic rings. The van der Waals surface area contributed by atoms with Gasteiger partial charge in [0.2, 0.25) is 0 Å². The molecule has 84 valence electrons. The van der Waals surface area contributed by atoms with Crippen molar-refractivity contribution in [3.63, 3.8) is 0 Å². The summed E-state index contributed by atoms with van der Waals surface area (Å²) in [6.45, 7) is 0. The first-order chi connectivity index (χ1) is 7.79. The van der Waals surface area contributed by atoms with Crippen LogP contribution in [0.3, 0.4) is 0 Å². The number of halogens is 1. The summed E-state index contributed by atoms with van der Waals surface area (Å²) in [5, 5.41) is 3.26. The van der Waals surface area contributed by atoms with Crippen molar-refractivity contribution in [2.45, 2.75) is 12.5 Å². The van der Waals surface area contributed by atoms with Gasteiger partial charge in [-0.25, -0.2) is 4.98 Å². The molecule has 2 N–H and O–H groups in total. The molecule has 2 aromatic rings. The SMILES string of the molecule is CNC(Cc1ccc(Br)cc1)c1ncc[nH]1. The number of rotatable bonds is 4. The van der Waals surface area contributed by atoms with E-state index in [1.54, 1.807) is 6.20 Å². The molecule has 1 atom stereocenters. The number of nitrogens with one attached hydrogen (secondary N) is 2. The minimum atomic E-state index is 0.233. The van der Waals surface area contributed by atoms with Gasteiger partial charge in [0.15, 0.2) is 0 Å². The lowest BCUT2D eigenvalue weighted by atomic mass is 10.1. The standard InChI is InChI=1S/C12H14BrN3/c1-14-11(12-15-6-7-16-12)8-9-2-4-10(13)5-3-9/h2-7,11,14H,8H2,1H3,(H,15,16). The second kappa shape index (κ2) is 5.27. The van der Waals surface area contributed by atoms with Crippen molar-refractivity contribution in [3.05, 3.63) is 52.5 Å². The molecule has 1 aromatic heterocycles. The average molecular weight is 280 g/mol. The first-order valence-corrected chi connectivity index (χ1v) is 6.00. The Labute approximate surface area is 103 Å². The van der Waals surface area contributed by atoms with Crippen molar-refractivity contribution in [2.75, 3.05) is 7.05 Å². The predicted molar refractivity (Wildman–Crippen MR) is 68.2 cm³/mol. The quantitative estimate of drug-likeness (QED) is 0.904. The van der Waals surface area contributed by atoms with E-state index in [-0.39, 0.29) is 6.04 Å². The van der Waals surface area contributed by atoms with Crippen LogP contribution in [-0.4, -0.2) is 17.0 Å². The predicted octanol–water partition coefficient (Wildman–Crippen LogP) is 2.68. The third-order valence-electron chi connectivity index (χ3n) is 2.55. The fraction of sp³-hybridized carbons (Fsp3) is 0.250. The van der Waals surface area contributed by atoms with Gasteiger partial charge in [-0.15, -0.1) is 0 Å². The zero-order valence-electron chi connectivity index (χ0n) is 9.07. The van der Waals surface area contributed by atoms with Crippen LogP contribution in [0, 0.1) is 0 Å². The van der Waals surface area contributed by atoms with Crippen molar-refractivity contribution in [2.24, 2.45) is 0 Å². The maximum atomic E-state index is 4.27. The monoisotopic (exact) mass is 279 g/mol. The molecule has 0 radical (unpaired) electrons. The van der Waals surface area contributed by atoms with Gasteiger partial charge in [0.1, 0.15) is 5.82 Å². The molecule has 0 aliphatic carbocycles. The van der Waals surface area contributed by atoms with Gasteiger partial charge in [0, 0.05) is 16.9 Å². The van der Waals surface area contributed by atoms with Crippen molar-refractivity contribution < 1.29 is 0 Å². The van der Waals surface area contributed by atoms with Crippen LogP contribution in [-0.2, 0) is 6.42 Å². The van der Waals surface area contributed by atoms with Crippen LogP contribution in [0.1, 0.15) is 17.4 Å². The molecule has 1 heterocycles. The Morgan fingerprint density at radius 3 is 2.69 bits per heavy atom. The van der Waals surface area contributed by atoms with Crippen LogP contribution in [0.4, 0.5) is 0 Å². The minimum absolute atomic E-state index is 0.233. The van der Waals surface area contributed by atoms with Gasteiger partial charge in [-0.2, -0.15) is 0 Å². The van der Waals surface area contributed by atoms with Gasteiger partial charge in [-0.3, -0.25) is 0 Å². The van der Waals surface area contributed by atoms with E-state index in [9.17, 15) is 0 Å². The summed E-state index contributed by atoms with van der Waals surface area (Å²) >= 11 is 3.43. The van der Waals surface area contributed by atoms with Crippen molar-refractivity contribution >= 4 is 15.9 Å². The molecule has 1 aromatic carbocycles. The van der Waals surface area contributed by atoms with E-state index in [1.807, 2.05) is 13.2 Å². The zero-order valence-corrected chi connectivity index (χ0v) is 10.7. The number of aromatic nitrogens is 2. The normalized spacial score (nSPS) is 12.6. The van der Waals surface area contributed by atoms with Gasteiger partial charge >= 0.3 is 0 Å². The Kier molecular flexibility index (Phi) is 3.74. The van der Waals surface area contributed by atoms with Crippen LogP contribution in [0.5, 0.6) is 0 Å². The first kappa shape index (κ1) is 11.4. The maximum Gasteiger partial charge on any atom is 0.123 e. The first-order valence-electron chi connectivity index (χ1n) is 5.20. The lowest BCUT2D eigenvalue weighted by Crippen LogP contribution is -2.20. The maximum absolute atomic E-state index is 4.27. The van der Waals surface area contributed by atoms with Crippen LogP contribution in [0.2, 0.25) is 0 Å². The number of H-pyrrole nitrogens is 1. The molecule has 0 saturated carbocycles. The fourth-order valence-corrected chi connectivity index (χ4v) is 1.92. The zero-order chi connectivity index (χ0) is 11.4. The molecule has 1 unspecified atom stereocenters. The summed E-state index contributed by atoms with van der Waals surface area (Å²) in [7, 11) is 1.95. The third-order valence-corrected chi connectivity index (χ3v) is 3.08. The highest BCUT2D eigenvalue weighted by molar-refractivity contribution is 9.10. The van der Waals surface area contributed by atoms with Crippen molar-refractivity contribution in [1.82, 2.24) is 15.3 Å². The van der Waals surface area contributed by atoms with Gasteiger partial charge in [-0.05, 0) is 31.2 Å². The number of hydrogen-bond acceptors (Lipinski definition) is 2. The van der Waals surface area contributed by atoms with Gasteiger partial charge in [0.25, 0.3) is 0 Å². The van der Waals surface area contributed by atoms with Crippen LogP contribution >= 0.6 is 15.9 Å². The molecular weight excluding hydrogens is 266 g/mol. The van der Waals surface area contributed by atoms with Gasteiger partial charge in [-0.1, -0.05) is 28.1 Å². The molecule has 16 heavy (non-hydrogen) atoms. The molecule has 0 fully saturated rings. The van der Waals surface area contributed by atoms with Crippen LogP contribution in [0.25, 0.3) is 0 Å². The molecule has 0 spiro atoms. The largest absolute Gasteiger partial charge is 0.347 e. The third kappa shape index (κ3) is 2.71. The molecule has 0 bridgehead atoms. The molecule has 3 nitrogen and oxygen atoms in total. The molecule has 0 saturated heterocycles. The second-order valence-corrected chi connectivity index (χ2v) is 4.56. The highest BCUT2D eigenvalue weighted by Gasteiger charge is 2.11. The van der Waals surface area contributed by atoms with E-state index in [1.165, 1.54) is 5.56 Å². The van der Waals surface area contributed by atoms with Crippen molar-refractivity contribution in [3.8, 4) is 0 Å². The number of hydrogen-bond donors (Lipinski definition) is 2. The second-order valence-electron chi connectivity index (χ2n) is 3.65. The van der Waals surface area contributed by atoms with Gasteiger partial charge < -0.3 is 10.3 Å². The van der Waals surface area contributed by atoms with Crippen LogP contribution < -0.4 is 5.32 Å². The number of imidazole rings is 1. The smallest absolute Gasteiger partial charge is 0.123 e. The van der Waals surface area contributed by atoms with Crippen molar-refractivity contribution in [1.29, 1.82) is 0 Å². The Hall–Kier alpha value is -1.13. The number of aromatic amines is 1. The van der Waals surface area contributed by atoms with Crippen LogP contribution in [0.15, 0.2) is 41.1 Å². The fourth-order valence-electron chi connectivity index (χ4n) is 1.66. The van der Waals surface area contributed by atoms with E-state index in [0.29, 0.717) is 0 Å². The number of likely N-dealkylation sites (N-methyl/N-ethyl adjacent to an activating group) is 1. The summed E-state index contributed by atoms with van der Waals surface area (Å²) in [5.41, 5.74) is 1.29. The van der Waals surface area contributed by atoms with E-state index in [4.69, 9.17) is 0 Å². The molecule has 4 heteroatoms. The Morgan fingerprint density at radius 2 is 2.12 bits per heavy atom. The van der Waals surface area contributed by atoms with Gasteiger partial charge in [0.05, 0.1) is 6.04 Å². The summed E-state index contributed by atoms with van der Waals surface area (Å²) in [6, 6.07) is 8.60. The summed E-state index contributed by atoms with van der Waals surface area (Å²) in [4.78, 5) is 7.41. The number of benzene rings is 1. The summed E-state index contributed by atoms with van der Waals surface area (Å²) in [6.07, 6.45) is 4.56. The molecule has 2 rings (SSSR count). The van der Waals surface area contributed by atoms with E-state index < -0.39 is 0 Å². The Morgan fingerprint density at radius 1 is 1.38 bits per heavy atom. The van der Waals surface area contributed by atoms with E-state index >= 15 is 0 Å². The number of nitrogens with zero attached hydrogens (tertiary/aromatic N) is 1. The molecule has 0 amide bonds. The lowest BCUT2D eigenvalue weighted by molar-refractivity contribution is 0.563. The Bertz CT molecular complexity index is 422. The highest BCUT2D eigenvalue weighted by atomic mass is 79.9. The minimum Gasteiger partial charge on any atom is -0.347 e. The topological polar surface area (TPSA) is 40.7 Å². The molecule has 0 aliphatic heterocycles. The lowest BCUT2D eigenvalue weighted by Gasteiger charge is -2.13. The Balaban J connectivity index is 2.10. The van der Waals surface area contributed by atoms with E-state index in [0.717, 1.165) is 16.7 Å². The van der Waals surface area contributed by atoms with E-state index in [2.05, 4.69) is 55.5 Å². The highest BCUT2D eigenvalue weighted by Crippen LogP contribution is 2.17. The average Bonchev–Trinajstić information content (AvgIpc) is 2.82. The summed E-state index contributed by atoms with van der Waals surface area (Å²) < 4.78 is 1.11.